The molecule has 0 radical (unpaired) electrons. The van der Waals surface area contributed by atoms with Gasteiger partial charge in [0.05, 0.1) is 16.8 Å². The molecule has 0 aromatic carbocycles. The summed E-state index contributed by atoms with van der Waals surface area (Å²) in [6.07, 6.45) is 1.37. The average Bonchev–Trinajstić information content (AvgIpc) is 2.31. The maximum atomic E-state index is 8.26. The van der Waals surface area contributed by atoms with Crippen molar-refractivity contribution in [2.45, 2.75) is 19.8 Å². The Kier molecular flexibility index (Phi) is 2.41. The average molecular weight is 152 g/mol. The molecule has 10 heavy (non-hydrogen) atoms. The topological polar surface area (TPSA) is 36.7 Å². The van der Waals surface area contributed by atoms with E-state index in [0.29, 0.717) is 6.42 Å². The van der Waals surface area contributed by atoms with Crippen molar-refractivity contribution in [1.29, 1.82) is 5.26 Å². The third-order valence-corrected chi connectivity index (χ3v) is 1.98. The lowest BCUT2D eigenvalue weighted by atomic mass is 10.3. The van der Waals surface area contributed by atoms with Crippen LogP contribution in [-0.2, 0) is 6.42 Å². The molecule has 3 heteroatoms. The molecule has 2 nitrogen and oxygen atoms in total. The Bertz CT molecular complexity index is 246. The molecule has 0 aliphatic rings. The number of nitriles is 1. The van der Waals surface area contributed by atoms with Crippen LogP contribution >= 0.6 is 11.3 Å². The van der Waals surface area contributed by atoms with Crippen molar-refractivity contribution in [2.75, 3.05) is 0 Å². The number of hydrogen-bond acceptors (Lipinski definition) is 3. The first kappa shape index (κ1) is 7.23. The molecule has 0 amide bonds. The number of rotatable bonds is 2. The number of thiazole rings is 1. The molecule has 0 spiro atoms. The summed E-state index contributed by atoms with van der Waals surface area (Å²) >= 11 is 1.63. The summed E-state index contributed by atoms with van der Waals surface area (Å²) in [6, 6.07) is 2.09. The van der Waals surface area contributed by atoms with Gasteiger partial charge in [0.1, 0.15) is 0 Å². The monoisotopic (exact) mass is 152 g/mol. The van der Waals surface area contributed by atoms with E-state index >= 15 is 0 Å². The van der Waals surface area contributed by atoms with E-state index in [9.17, 15) is 0 Å². The Morgan fingerprint density at radius 3 is 3.10 bits per heavy atom. The van der Waals surface area contributed by atoms with Crippen molar-refractivity contribution in [3.05, 3.63) is 16.1 Å². The zero-order valence-electron chi connectivity index (χ0n) is 5.79. The second-order valence-corrected chi connectivity index (χ2v) is 3.08. The summed E-state index contributed by atoms with van der Waals surface area (Å²) in [5.74, 6) is 0. The van der Waals surface area contributed by atoms with Gasteiger partial charge in [-0.1, -0.05) is 0 Å². The van der Waals surface area contributed by atoms with Crippen LogP contribution in [0.4, 0.5) is 0 Å². The van der Waals surface area contributed by atoms with Crippen LogP contribution in [0.15, 0.2) is 5.38 Å². The molecule has 0 N–H and O–H groups in total. The molecule has 0 unspecified atom stereocenters. The van der Waals surface area contributed by atoms with E-state index in [0.717, 1.165) is 17.1 Å². The molecule has 0 saturated carbocycles. The van der Waals surface area contributed by atoms with Crippen LogP contribution in [-0.4, -0.2) is 4.98 Å². The minimum atomic E-state index is 0.573. The van der Waals surface area contributed by atoms with Gasteiger partial charge in [-0.3, -0.25) is 0 Å². The van der Waals surface area contributed by atoms with Gasteiger partial charge in [-0.15, -0.1) is 11.3 Å². The van der Waals surface area contributed by atoms with Gasteiger partial charge < -0.3 is 0 Å². The predicted octanol–water partition coefficient (Wildman–Crippen LogP) is 1.91. The third-order valence-electron chi connectivity index (χ3n) is 1.16. The van der Waals surface area contributed by atoms with Gasteiger partial charge in [0, 0.05) is 18.2 Å². The van der Waals surface area contributed by atoms with E-state index < -0.39 is 0 Å². The van der Waals surface area contributed by atoms with Crippen LogP contribution in [0.1, 0.15) is 17.1 Å². The molecule has 1 aromatic rings. The van der Waals surface area contributed by atoms with Crippen LogP contribution in [0.2, 0.25) is 0 Å². The summed E-state index contributed by atoms with van der Waals surface area (Å²) in [5.41, 5.74) is 1.05. The maximum Gasteiger partial charge on any atom is 0.0897 e. The van der Waals surface area contributed by atoms with Gasteiger partial charge in [-0.25, -0.2) is 4.98 Å². The highest BCUT2D eigenvalue weighted by molar-refractivity contribution is 7.09. The first-order valence-electron chi connectivity index (χ1n) is 3.11. The molecule has 1 aromatic heterocycles. The smallest absolute Gasteiger partial charge is 0.0897 e. The van der Waals surface area contributed by atoms with E-state index in [2.05, 4.69) is 11.1 Å². The van der Waals surface area contributed by atoms with Crippen molar-refractivity contribution in [1.82, 2.24) is 4.98 Å². The molecule has 0 atom stereocenters. The third kappa shape index (κ3) is 1.82. The Labute approximate surface area is 64.1 Å². The minimum Gasteiger partial charge on any atom is -0.247 e. The quantitative estimate of drug-likeness (QED) is 0.649. The first-order valence-corrected chi connectivity index (χ1v) is 3.99. The number of aromatic nitrogens is 1. The van der Waals surface area contributed by atoms with Gasteiger partial charge in [0.15, 0.2) is 0 Å². The molecule has 0 aliphatic carbocycles. The van der Waals surface area contributed by atoms with Crippen molar-refractivity contribution >= 4 is 11.3 Å². The molecule has 1 rings (SSSR count). The first-order chi connectivity index (χ1) is 4.83. The fourth-order valence-electron chi connectivity index (χ4n) is 0.707. The second-order valence-electron chi connectivity index (χ2n) is 2.02. The van der Waals surface area contributed by atoms with E-state index in [4.69, 9.17) is 5.26 Å². The normalized spacial score (nSPS) is 9.20. The minimum absolute atomic E-state index is 0.573. The van der Waals surface area contributed by atoms with Crippen LogP contribution in [0.5, 0.6) is 0 Å². The Morgan fingerprint density at radius 2 is 2.60 bits per heavy atom. The largest absolute Gasteiger partial charge is 0.247 e. The van der Waals surface area contributed by atoms with Crippen molar-refractivity contribution in [3.63, 3.8) is 0 Å². The molecule has 0 aliphatic heterocycles. The Hall–Kier alpha value is -0.880. The van der Waals surface area contributed by atoms with Crippen molar-refractivity contribution in [3.8, 4) is 6.07 Å². The van der Waals surface area contributed by atoms with Crippen LogP contribution < -0.4 is 0 Å². The number of aryl methyl sites for hydroxylation is 2. The van der Waals surface area contributed by atoms with Crippen molar-refractivity contribution in [2.24, 2.45) is 0 Å². The summed E-state index contributed by atoms with van der Waals surface area (Å²) in [6.45, 7) is 1.97. The number of hydrogen-bond donors (Lipinski definition) is 0. The summed E-state index contributed by atoms with van der Waals surface area (Å²) in [4.78, 5) is 4.22. The Morgan fingerprint density at radius 1 is 1.80 bits per heavy atom. The number of nitrogens with zero attached hydrogens (tertiary/aromatic N) is 2. The van der Waals surface area contributed by atoms with E-state index in [-0.39, 0.29) is 0 Å². The van der Waals surface area contributed by atoms with Gasteiger partial charge in [-0.05, 0) is 6.92 Å². The summed E-state index contributed by atoms with van der Waals surface area (Å²) < 4.78 is 0. The fraction of sp³-hybridized carbons (Fsp3) is 0.429. The highest BCUT2D eigenvalue weighted by Crippen LogP contribution is 2.08. The molecular weight excluding hydrogens is 144 g/mol. The zero-order chi connectivity index (χ0) is 7.40. The lowest BCUT2D eigenvalue weighted by Gasteiger charge is -1.84. The van der Waals surface area contributed by atoms with Gasteiger partial charge in [0.2, 0.25) is 0 Å². The SMILES string of the molecule is Cc1nc(CCC#N)cs1. The zero-order valence-corrected chi connectivity index (χ0v) is 6.61. The molecule has 0 bridgehead atoms. The second kappa shape index (κ2) is 3.33. The highest BCUT2D eigenvalue weighted by atomic mass is 32.1. The van der Waals surface area contributed by atoms with E-state index in [1.54, 1.807) is 11.3 Å². The van der Waals surface area contributed by atoms with Gasteiger partial charge in [0.25, 0.3) is 0 Å². The summed E-state index contributed by atoms with van der Waals surface area (Å²) in [5, 5.41) is 11.3. The highest BCUT2D eigenvalue weighted by Gasteiger charge is 1.95. The lowest BCUT2D eigenvalue weighted by Crippen LogP contribution is -1.82. The van der Waals surface area contributed by atoms with E-state index in [1.807, 2.05) is 12.3 Å². The summed E-state index contributed by atoms with van der Waals surface area (Å²) in [7, 11) is 0. The predicted molar refractivity (Wildman–Crippen MR) is 40.8 cm³/mol. The lowest BCUT2D eigenvalue weighted by molar-refractivity contribution is 0.959. The van der Waals surface area contributed by atoms with Gasteiger partial charge >= 0.3 is 0 Å². The maximum absolute atomic E-state index is 8.26. The molecular formula is C7H8N2S. The van der Waals surface area contributed by atoms with Crippen LogP contribution in [0.3, 0.4) is 0 Å². The molecule has 0 saturated heterocycles. The molecule has 1 heterocycles. The van der Waals surface area contributed by atoms with Crippen molar-refractivity contribution < 1.29 is 0 Å². The van der Waals surface area contributed by atoms with Crippen LogP contribution in [0, 0.1) is 18.3 Å². The fourth-order valence-corrected chi connectivity index (χ4v) is 1.35. The molecule has 0 fully saturated rings. The van der Waals surface area contributed by atoms with E-state index in [1.165, 1.54) is 0 Å². The molecule has 52 valence electrons. The standard InChI is InChI=1S/C7H8N2S/c1-6-9-7(5-10-6)3-2-4-8/h5H,2-3H2,1H3. The van der Waals surface area contributed by atoms with Gasteiger partial charge in [-0.2, -0.15) is 5.26 Å². The van der Waals surface area contributed by atoms with Crippen LogP contribution in [0.25, 0.3) is 0 Å². The Balaban J connectivity index is 2.52.